The Morgan fingerprint density at radius 1 is 1.02 bits per heavy atom. The summed E-state index contributed by atoms with van der Waals surface area (Å²) in [5.41, 5.74) is 0.805. The molecule has 3 saturated carbocycles. The number of aliphatic hydroxyl groups is 4. The third kappa shape index (κ3) is 4.32. The van der Waals surface area contributed by atoms with Crippen LogP contribution < -0.4 is 0 Å². The van der Waals surface area contributed by atoms with Crippen molar-refractivity contribution < 1.29 is 34.6 Å². The van der Waals surface area contributed by atoms with Gasteiger partial charge in [0.05, 0.1) is 24.9 Å². The van der Waals surface area contributed by atoms with Gasteiger partial charge >= 0.3 is 0 Å². The Morgan fingerprint density at radius 2 is 1.77 bits per heavy atom. The van der Waals surface area contributed by atoms with Crippen LogP contribution in [0.15, 0.2) is 36.5 Å². The number of hydrogen-bond donors (Lipinski definition) is 4. The van der Waals surface area contributed by atoms with Crippen LogP contribution in [-0.4, -0.2) is 76.1 Å². The van der Waals surface area contributed by atoms with Gasteiger partial charge < -0.3 is 34.6 Å². The van der Waals surface area contributed by atoms with Crippen molar-refractivity contribution in [2.45, 2.75) is 129 Å². The van der Waals surface area contributed by atoms with Gasteiger partial charge in [-0.1, -0.05) is 71.1 Å². The average Bonchev–Trinajstić information content (AvgIpc) is 3.35. The first-order valence-corrected chi connectivity index (χ1v) is 16.8. The summed E-state index contributed by atoms with van der Waals surface area (Å²) in [6, 6.07) is 0. The molecule has 1 spiro atoms. The maximum Gasteiger partial charge on any atom is 0.186 e. The molecule has 14 atom stereocenters. The van der Waals surface area contributed by atoms with Crippen LogP contribution in [0.25, 0.3) is 0 Å². The van der Waals surface area contributed by atoms with Gasteiger partial charge in [-0.2, -0.15) is 0 Å². The van der Waals surface area contributed by atoms with Gasteiger partial charge in [-0.3, -0.25) is 0 Å². The highest BCUT2D eigenvalue weighted by Crippen LogP contribution is 2.77. The Labute approximate surface area is 258 Å². The molecule has 4 N–H and O–H groups in total. The highest BCUT2D eigenvalue weighted by atomic mass is 16.7. The van der Waals surface area contributed by atoms with Crippen LogP contribution in [0, 0.1) is 45.3 Å². The maximum atomic E-state index is 10.7. The van der Waals surface area contributed by atoms with E-state index >= 15 is 0 Å². The van der Waals surface area contributed by atoms with Crippen molar-refractivity contribution >= 4 is 0 Å². The van der Waals surface area contributed by atoms with E-state index in [0.29, 0.717) is 23.7 Å². The highest BCUT2D eigenvalue weighted by Gasteiger charge is 2.75. The molecule has 0 aromatic carbocycles. The molecule has 6 rings (SSSR count). The number of ether oxygens (including phenoxy) is 3. The van der Waals surface area contributed by atoms with Crippen molar-refractivity contribution in [1.29, 1.82) is 0 Å². The molecule has 242 valence electrons. The summed E-state index contributed by atoms with van der Waals surface area (Å²) in [7, 11) is 0. The fourth-order valence-corrected chi connectivity index (χ4v) is 11.4. The second kappa shape index (κ2) is 10.8. The second-order valence-electron chi connectivity index (χ2n) is 16.3. The second-order valence-corrected chi connectivity index (χ2v) is 16.3. The van der Waals surface area contributed by atoms with E-state index in [-0.39, 0.29) is 22.3 Å². The summed E-state index contributed by atoms with van der Waals surface area (Å²) in [6.45, 7) is 18.4. The average molecular weight is 601 g/mol. The van der Waals surface area contributed by atoms with E-state index in [1.54, 1.807) is 0 Å². The van der Waals surface area contributed by atoms with Gasteiger partial charge in [-0.05, 0) is 80.5 Å². The van der Waals surface area contributed by atoms with E-state index in [1.165, 1.54) is 25.7 Å². The third-order valence-corrected chi connectivity index (χ3v) is 14.1. The first-order chi connectivity index (χ1) is 20.2. The predicted molar refractivity (Wildman–Crippen MR) is 165 cm³/mol. The summed E-state index contributed by atoms with van der Waals surface area (Å²) in [4.78, 5) is 0. The van der Waals surface area contributed by atoms with Gasteiger partial charge in [0.2, 0.25) is 0 Å². The molecular formula is C36H56O7. The smallest absolute Gasteiger partial charge is 0.186 e. The lowest BCUT2D eigenvalue weighted by Crippen LogP contribution is -2.66. The maximum absolute atomic E-state index is 10.7. The minimum absolute atomic E-state index is 0.104. The van der Waals surface area contributed by atoms with Crippen molar-refractivity contribution in [2.24, 2.45) is 45.3 Å². The molecule has 0 aromatic heterocycles. The standard InChI is InChI=1S/C36H56O7/c1-21(2)9-8-10-22(3)23-13-15-34(7)25-14-16-36-26(35(25,20-41-36)18-17-33(23,34)6)11-12-27(32(36,4)5)43-31-30(40)29(39)28(38)24(19-37)42-31/h8-9,14,16,22-31,37-40H,1,10-13,15,17-20H2,2-7H3/b9-8+/t22-,23-,24-,25+,26+,27+,28-,29+,30-,31+,33-,34+,35+,36?/m1/s1. The summed E-state index contributed by atoms with van der Waals surface area (Å²) in [5.74, 6) is 2.19. The molecule has 7 heteroatoms. The molecule has 0 amide bonds. The zero-order chi connectivity index (χ0) is 31.2. The third-order valence-electron chi connectivity index (χ3n) is 14.1. The van der Waals surface area contributed by atoms with E-state index in [0.717, 1.165) is 31.4 Å². The molecule has 4 aliphatic carbocycles. The Morgan fingerprint density at radius 3 is 2.47 bits per heavy atom. The zero-order valence-electron chi connectivity index (χ0n) is 27.2. The largest absolute Gasteiger partial charge is 0.394 e. The van der Waals surface area contributed by atoms with Gasteiger partial charge in [0, 0.05) is 16.7 Å². The number of rotatable bonds is 7. The van der Waals surface area contributed by atoms with Crippen LogP contribution in [0.4, 0.5) is 0 Å². The minimum atomic E-state index is -1.45. The Balaban J connectivity index is 1.26. The molecule has 5 fully saturated rings. The molecule has 1 unspecified atom stereocenters. The minimum Gasteiger partial charge on any atom is -0.394 e. The van der Waals surface area contributed by atoms with Crippen molar-refractivity contribution in [1.82, 2.24) is 0 Å². The van der Waals surface area contributed by atoms with Gasteiger partial charge in [0.25, 0.3) is 0 Å². The van der Waals surface area contributed by atoms with E-state index in [2.05, 4.69) is 72.4 Å². The molecule has 2 saturated heterocycles. The molecule has 2 bridgehead atoms. The quantitative estimate of drug-likeness (QED) is 0.243. The monoisotopic (exact) mass is 600 g/mol. The number of aliphatic hydroxyl groups excluding tert-OH is 4. The van der Waals surface area contributed by atoms with E-state index in [4.69, 9.17) is 14.2 Å². The van der Waals surface area contributed by atoms with Crippen molar-refractivity contribution in [3.8, 4) is 0 Å². The topological polar surface area (TPSA) is 109 Å². The van der Waals surface area contributed by atoms with Crippen molar-refractivity contribution in [2.75, 3.05) is 13.2 Å². The highest BCUT2D eigenvalue weighted by molar-refractivity contribution is 5.33. The summed E-state index contributed by atoms with van der Waals surface area (Å²) >= 11 is 0. The van der Waals surface area contributed by atoms with Gasteiger partial charge in [0.15, 0.2) is 6.29 Å². The lowest BCUT2D eigenvalue weighted by Gasteiger charge is -2.65. The van der Waals surface area contributed by atoms with Crippen LogP contribution >= 0.6 is 0 Å². The first-order valence-electron chi connectivity index (χ1n) is 16.8. The normalized spacial score (nSPS) is 52.5. The van der Waals surface area contributed by atoms with E-state index < -0.39 is 48.3 Å². The number of fused-ring (bicyclic) bond motifs is 2. The molecule has 6 aliphatic rings. The SMILES string of the molecule is C=C(C)/C=C/C[C@@H](C)[C@H]1CC[C@@]2(C)[C@@H]3C=CC45OC[C@]3(CC[C@]12C)[C@@H]4CC[C@H](O[C@@H]1O[C@H](CO)[C@@H](O)[C@H](O)[C@H]1O)C5(C)C. The van der Waals surface area contributed by atoms with Crippen molar-refractivity contribution in [3.05, 3.63) is 36.5 Å². The molecule has 0 radical (unpaired) electrons. The summed E-state index contributed by atoms with van der Waals surface area (Å²) in [5, 5.41) is 41.0. The van der Waals surface area contributed by atoms with E-state index in [9.17, 15) is 20.4 Å². The number of allylic oxidation sites excluding steroid dienone is 4. The zero-order valence-corrected chi connectivity index (χ0v) is 27.2. The molecule has 0 aromatic rings. The molecule has 43 heavy (non-hydrogen) atoms. The Hall–Kier alpha value is -1.06. The van der Waals surface area contributed by atoms with Crippen LogP contribution in [0.3, 0.4) is 0 Å². The lowest BCUT2D eigenvalue weighted by molar-refractivity contribution is -0.329. The van der Waals surface area contributed by atoms with Crippen LogP contribution in [0.2, 0.25) is 0 Å². The molecule has 7 nitrogen and oxygen atoms in total. The number of hydrogen-bond acceptors (Lipinski definition) is 7. The van der Waals surface area contributed by atoms with Gasteiger partial charge in [-0.25, -0.2) is 0 Å². The predicted octanol–water partition coefficient (Wildman–Crippen LogP) is 4.92. The molecule has 2 aliphatic heterocycles. The van der Waals surface area contributed by atoms with Gasteiger partial charge in [-0.15, -0.1) is 0 Å². The lowest BCUT2D eigenvalue weighted by atomic mass is 9.38. The fourth-order valence-electron chi connectivity index (χ4n) is 11.4. The Kier molecular flexibility index (Phi) is 7.98. The Bertz CT molecular complexity index is 1150. The van der Waals surface area contributed by atoms with Crippen LogP contribution in [-0.2, 0) is 14.2 Å². The summed E-state index contributed by atoms with van der Waals surface area (Å²) in [6.07, 6.45) is 10.5. The summed E-state index contributed by atoms with van der Waals surface area (Å²) < 4.78 is 19.2. The van der Waals surface area contributed by atoms with Crippen LogP contribution in [0.1, 0.15) is 86.5 Å². The van der Waals surface area contributed by atoms with Crippen LogP contribution in [0.5, 0.6) is 0 Å². The van der Waals surface area contributed by atoms with E-state index in [1.807, 2.05) is 0 Å². The van der Waals surface area contributed by atoms with Gasteiger partial charge in [0.1, 0.15) is 24.4 Å². The van der Waals surface area contributed by atoms with Crippen molar-refractivity contribution in [3.63, 3.8) is 0 Å². The first kappa shape index (κ1) is 31.9. The molecule has 2 heterocycles. The molecular weight excluding hydrogens is 544 g/mol. The fraction of sp³-hybridized carbons (Fsp3) is 0.833.